The second-order valence-electron chi connectivity index (χ2n) is 4.01. The molecular weight excluding hydrogens is 216 g/mol. The van der Waals surface area contributed by atoms with Gasteiger partial charge in [0.2, 0.25) is 0 Å². The average molecular weight is 234 g/mol. The summed E-state index contributed by atoms with van der Waals surface area (Å²) in [5.74, 6) is -0.735. The van der Waals surface area contributed by atoms with Crippen molar-refractivity contribution in [2.45, 2.75) is 32.6 Å². The zero-order valence-corrected chi connectivity index (χ0v) is 10.0. The van der Waals surface area contributed by atoms with Crippen LogP contribution >= 0.6 is 0 Å². The summed E-state index contributed by atoms with van der Waals surface area (Å²) in [6, 6.07) is 5.03. The number of aryl methyl sites for hydroxylation is 1. The van der Waals surface area contributed by atoms with Gasteiger partial charge in [0.15, 0.2) is 0 Å². The molecular formula is C14H18O3. The first-order valence-corrected chi connectivity index (χ1v) is 5.86. The first-order chi connectivity index (χ1) is 8.13. The van der Waals surface area contributed by atoms with Gasteiger partial charge in [0.1, 0.15) is 5.75 Å². The van der Waals surface area contributed by atoms with Crippen molar-refractivity contribution in [2.24, 2.45) is 0 Å². The Morgan fingerprint density at radius 2 is 2.12 bits per heavy atom. The molecule has 0 aliphatic carbocycles. The number of carboxylic acid groups (broad SMARTS) is 1. The van der Waals surface area contributed by atoms with Crippen LogP contribution in [0.3, 0.4) is 0 Å². The van der Waals surface area contributed by atoms with Crippen molar-refractivity contribution in [1.82, 2.24) is 0 Å². The topological polar surface area (TPSA) is 57.5 Å². The SMILES string of the molecule is CCCCCc1cc(O)ccc1/C=C/C(=O)O. The van der Waals surface area contributed by atoms with Crippen LogP contribution in [0.15, 0.2) is 24.3 Å². The summed E-state index contributed by atoms with van der Waals surface area (Å²) >= 11 is 0. The number of benzene rings is 1. The van der Waals surface area contributed by atoms with E-state index in [0.717, 1.165) is 42.9 Å². The molecule has 0 bridgehead atoms. The number of hydrogen-bond acceptors (Lipinski definition) is 2. The predicted molar refractivity (Wildman–Crippen MR) is 68.0 cm³/mol. The maximum absolute atomic E-state index is 10.5. The van der Waals surface area contributed by atoms with E-state index in [2.05, 4.69) is 6.92 Å². The van der Waals surface area contributed by atoms with Gasteiger partial charge in [-0.2, -0.15) is 0 Å². The zero-order chi connectivity index (χ0) is 12.7. The lowest BCUT2D eigenvalue weighted by Gasteiger charge is -2.06. The lowest BCUT2D eigenvalue weighted by atomic mass is 10.0. The number of carbonyl (C=O) groups is 1. The number of carboxylic acids is 1. The Morgan fingerprint density at radius 3 is 2.76 bits per heavy atom. The molecule has 0 radical (unpaired) electrons. The van der Waals surface area contributed by atoms with Gasteiger partial charge in [-0.1, -0.05) is 25.8 Å². The molecule has 0 aromatic heterocycles. The maximum Gasteiger partial charge on any atom is 0.328 e. The van der Waals surface area contributed by atoms with Crippen molar-refractivity contribution in [3.63, 3.8) is 0 Å². The summed E-state index contributed by atoms with van der Waals surface area (Å²) in [4.78, 5) is 10.5. The van der Waals surface area contributed by atoms with Gasteiger partial charge in [-0.3, -0.25) is 0 Å². The van der Waals surface area contributed by atoms with Crippen molar-refractivity contribution < 1.29 is 15.0 Å². The third-order valence-electron chi connectivity index (χ3n) is 2.58. The normalized spacial score (nSPS) is 10.9. The van der Waals surface area contributed by atoms with Gasteiger partial charge < -0.3 is 10.2 Å². The second kappa shape index (κ2) is 6.74. The molecule has 1 aromatic rings. The minimum Gasteiger partial charge on any atom is -0.508 e. The predicted octanol–water partition coefficient (Wildman–Crippen LogP) is 3.22. The Hall–Kier alpha value is -1.77. The zero-order valence-electron chi connectivity index (χ0n) is 10.0. The molecule has 0 unspecified atom stereocenters. The third-order valence-corrected chi connectivity index (χ3v) is 2.58. The van der Waals surface area contributed by atoms with Crippen molar-refractivity contribution in [2.75, 3.05) is 0 Å². The van der Waals surface area contributed by atoms with Crippen molar-refractivity contribution in [3.05, 3.63) is 35.4 Å². The van der Waals surface area contributed by atoms with Crippen LogP contribution < -0.4 is 0 Å². The highest BCUT2D eigenvalue weighted by molar-refractivity contribution is 5.85. The molecule has 0 aliphatic heterocycles. The summed E-state index contributed by atoms with van der Waals surface area (Å²) in [5.41, 5.74) is 1.86. The van der Waals surface area contributed by atoms with E-state index in [4.69, 9.17) is 5.11 Å². The lowest BCUT2D eigenvalue weighted by Crippen LogP contribution is -1.91. The Bertz CT molecular complexity index is 408. The number of aliphatic carboxylic acids is 1. The monoisotopic (exact) mass is 234 g/mol. The Kier molecular flexibility index (Phi) is 5.27. The third kappa shape index (κ3) is 4.72. The van der Waals surface area contributed by atoms with Crippen molar-refractivity contribution in [1.29, 1.82) is 0 Å². The highest BCUT2D eigenvalue weighted by Gasteiger charge is 2.02. The van der Waals surface area contributed by atoms with Gasteiger partial charge in [0.05, 0.1) is 0 Å². The Labute approximate surface area is 101 Å². The average Bonchev–Trinajstić information content (AvgIpc) is 2.28. The van der Waals surface area contributed by atoms with Crippen LogP contribution in [-0.2, 0) is 11.2 Å². The van der Waals surface area contributed by atoms with Crippen LogP contribution in [0.5, 0.6) is 5.75 Å². The quantitative estimate of drug-likeness (QED) is 0.587. The standard InChI is InChI=1S/C14H18O3/c1-2-3-4-5-12-10-13(15)8-6-11(12)7-9-14(16)17/h6-10,15H,2-5H2,1H3,(H,16,17)/b9-7+. The molecule has 17 heavy (non-hydrogen) atoms. The summed E-state index contributed by atoms with van der Waals surface area (Å²) in [6.45, 7) is 2.13. The fourth-order valence-electron chi connectivity index (χ4n) is 1.70. The molecule has 3 heteroatoms. The van der Waals surface area contributed by atoms with Crippen LogP contribution in [0.1, 0.15) is 37.3 Å². The van der Waals surface area contributed by atoms with E-state index in [1.807, 2.05) is 0 Å². The number of phenolic OH excluding ortho intramolecular Hbond substituents is 1. The number of phenols is 1. The lowest BCUT2D eigenvalue weighted by molar-refractivity contribution is -0.131. The van der Waals surface area contributed by atoms with Gasteiger partial charge in [-0.25, -0.2) is 4.79 Å². The van der Waals surface area contributed by atoms with Gasteiger partial charge in [-0.05, 0) is 42.2 Å². The smallest absolute Gasteiger partial charge is 0.328 e. The van der Waals surface area contributed by atoms with Gasteiger partial charge in [-0.15, -0.1) is 0 Å². The molecule has 0 amide bonds. The first kappa shape index (κ1) is 13.3. The molecule has 0 fully saturated rings. The number of rotatable bonds is 6. The van der Waals surface area contributed by atoms with Crippen LogP contribution in [0.25, 0.3) is 6.08 Å². The van der Waals surface area contributed by atoms with Gasteiger partial charge in [0, 0.05) is 6.08 Å². The Morgan fingerprint density at radius 1 is 1.35 bits per heavy atom. The van der Waals surface area contributed by atoms with E-state index >= 15 is 0 Å². The molecule has 92 valence electrons. The highest BCUT2D eigenvalue weighted by Crippen LogP contribution is 2.20. The van der Waals surface area contributed by atoms with E-state index in [0.29, 0.717) is 0 Å². The van der Waals surface area contributed by atoms with E-state index < -0.39 is 5.97 Å². The number of hydrogen-bond donors (Lipinski definition) is 2. The molecule has 1 aromatic carbocycles. The molecule has 0 saturated carbocycles. The minimum absolute atomic E-state index is 0.226. The van der Waals surface area contributed by atoms with Crippen LogP contribution in [0, 0.1) is 0 Å². The van der Waals surface area contributed by atoms with Crippen LogP contribution in [0.4, 0.5) is 0 Å². The van der Waals surface area contributed by atoms with E-state index in [9.17, 15) is 9.90 Å². The summed E-state index contributed by atoms with van der Waals surface area (Å²) in [5, 5.41) is 18.0. The van der Waals surface area contributed by atoms with E-state index in [1.54, 1.807) is 24.3 Å². The van der Waals surface area contributed by atoms with Crippen LogP contribution in [-0.4, -0.2) is 16.2 Å². The van der Waals surface area contributed by atoms with Gasteiger partial charge in [0.25, 0.3) is 0 Å². The molecule has 0 spiro atoms. The van der Waals surface area contributed by atoms with E-state index in [-0.39, 0.29) is 5.75 Å². The number of unbranched alkanes of at least 4 members (excludes halogenated alkanes) is 2. The molecule has 1 rings (SSSR count). The van der Waals surface area contributed by atoms with E-state index in [1.165, 1.54) is 0 Å². The Balaban J connectivity index is 2.83. The maximum atomic E-state index is 10.5. The summed E-state index contributed by atoms with van der Waals surface area (Å²) in [7, 11) is 0. The molecule has 0 heterocycles. The highest BCUT2D eigenvalue weighted by atomic mass is 16.4. The summed E-state index contributed by atoms with van der Waals surface area (Å²) < 4.78 is 0. The van der Waals surface area contributed by atoms with Crippen LogP contribution in [0.2, 0.25) is 0 Å². The first-order valence-electron chi connectivity index (χ1n) is 5.86. The fourth-order valence-corrected chi connectivity index (χ4v) is 1.70. The summed E-state index contributed by atoms with van der Waals surface area (Å²) in [6.07, 6.45) is 6.88. The fraction of sp³-hybridized carbons (Fsp3) is 0.357. The van der Waals surface area contributed by atoms with Crippen molar-refractivity contribution in [3.8, 4) is 5.75 Å². The van der Waals surface area contributed by atoms with Crippen molar-refractivity contribution >= 4 is 12.0 Å². The molecule has 0 atom stereocenters. The molecule has 0 saturated heterocycles. The molecule has 0 aliphatic rings. The second-order valence-corrected chi connectivity index (χ2v) is 4.01. The number of aromatic hydroxyl groups is 1. The minimum atomic E-state index is -0.961. The molecule has 3 nitrogen and oxygen atoms in total. The molecule has 2 N–H and O–H groups in total. The largest absolute Gasteiger partial charge is 0.508 e. The van der Waals surface area contributed by atoms with Gasteiger partial charge >= 0.3 is 5.97 Å².